The normalized spacial score (nSPS) is 12.2. The zero-order chi connectivity index (χ0) is 27.1. The molecular weight excluding hydrogens is 452 g/mol. The molecule has 0 heterocycles. The molecule has 0 aromatic rings. The maximum atomic E-state index is 12.3. The lowest BCUT2D eigenvalue weighted by Gasteiger charge is -2.17. The molecule has 0 aliphatic heterocycles. The Morgan fingerprint density at radius 3 is 1.08 bits per heavy atom. The number of esters is 1. The maximum absolute atomic E-state index is 12.3. The smallest absolute Gasteiger partial charge is 0.305 e. The average molecular weight is 523 g/mol. The monoisotopic (exact) mass is 523 g/mol. The second-order valence-electron chi connectivity index (χ2n) is 12.0. The molecule has 0 saturated carbocycles. The van der Waals surface area contributed by atoms with E-state index in [0.29, 0.717) is 18.9 Å². The van der Waals surface area contributed by atoms with Crippen molar-refractivity contribution in [3.8, 4) is 0 Å². The van der Waals surface area contributed by atoms with Crippen LogP contribution < -0.4 is 0 Å². The van der Waals surface area contributed by atoms with Crippen molar-refractivity contribution in [1.29, 1.82) is 0 Å². The van der Waals surface area contributed by atoms with Crippen LogP contribution in [0.4, 0.5) is 0 Å². The zero-order valence-electron chi connectivity index (χ0n) is 26.1. The van der Waals surface area contributed by atoms with Crippen LogP contribution in [0.25, 0.3) is 0 Å². The third kappa shape index (κ3) is 29.9. The Balaban J connectivity index is 4.01. The standard InChI is InChI=1S/C35H70O2/c1-4-7-10-13-16-19-20-22-25-28-31-34(30-27-24-21-17-14-11-8-5-2)33-37-35(36)32-29-26-23-18-15-12-9-6-3/h34H,4-33H2,1-3H3. The van der Waals surface area contributed by atoms with Gasteiger partial charge in [0.25, 0.3) is 0 Å². The Kier molecular flexibility index (Phi) is 31.2. The van der Waals surface area contributed by atoms with Crippen molar-refractivity contribution >= 4 is 5.97 Å². The molecule has 0 bridgehead atoms. The number of carbonyl (C=O) groups excluding carboxylic acids is 1. The summed E-state index contributed by atoms with van der Waals surface area (Å²) in [5.41, 5.74) is 0. The number of rotatable bonds is 31. The van der Waals surface area contributed by atoms with E-state index in [-0.39, 0.29) is 5.97 Å². The lowest BCUT2D eigenvalue weighted by atomic mass is 9.94. The van der Waals surface area contributed by atoms with Gasteiger partial charge in [-0.05, 0) is 25.2 Å². The molecule has 37 heavy (non-hydrogen) atoms. The van der Waals surface area contributed by atoms with Crippen LogP contribution in [0, 0.1) is 5.92 Å². The molecule has 0 spiro atoms. The van der Waals surface area contributed by atoms with Crippen molar-refractivity contribution in [2.75, 3.05) is 6.61 Å². The van der Waals surface area contributed by atoms with Crippen LogP contribution in [-0.4, -0.2) is 12.6 Å². The van der Waals surface area contributed by atoms with Crippen LogP contribution in [-0.2, 0) is 9.53 Å². The fourth-order valence-corrected chi connectivity index (χ4v) is 5.48. The van der Waals surface area contributed by atoms with Gasteiger partial charge in [0.05, 0.1) is 6.61 Å². The van der Waals surface area contributed by atoms with E-state index in [1.807, 2.05) is 0 Å². The van der Waals surface area contributed by atoms with Crippen molar-refractivity contribution in [3.05, 3.63) is 0 Å². The molecule has 1 unspecified atom stereocenters. The second-order valence-corrected chi connectivity index (χ2v) is 12.0. The fraction of sp³-hybridized carbons (Fsp3) is 0.971. The highest BCUT2D eigenvalue weighted by molar-refractivity contribution is 5.69. The van der Waals surface area contributed by atoms with Gasteiger partial charge in [-0.15, -0.1) is 0 Å². The molecule has 2 heteroatoms. The van der Waals surface area contributed by atoms with Gasteiger partial charge >= 0.3 is 5.97 Å². The Morgan fingerprint density at radius 1 is 0.432 bits per heavy atom. The molecule has 2 nitrogen and oxygen atoms in total. The predicted molar refractivity (Wildman–Crippen MR) is 165 cm³/mol. The van der Waals surface area contributed by atoms with E-state index >= 15 is 0 Å². The van der Waals surface area contributed by atoms with Crippen LogP contribution >= 0.6 is 0 Å². The predicted octanol–water partition coefficient (Wildman–Crippen LogP) is 12.5. The maximum Gasteiger partial charge on any atom is 0.305 e. The Labute approximate surface area is 234 Å². The molecule has 0 radical (unpaired) electrons. The molecule has 1 atom stereocenters. The summed E-state index contributed by atoms with van der Waals surface area (Å²) in [7, 11) is 0. The van der Waals surface area contributed by atoms with Crippen molar-refractivity contribution in [2.45, 2.75) is 207 Å². The van der Waals surface area contributed by atoms with Crippen LogP contribution in [0.15, 0.2) is 0 Å². The molecule has 0 aromatic heterocycles. The minimum atomic E-state index is 0.0509. The summed E-state index contributed by atoms with van der Waals surface area (Å²) in [6.07, 6.45) is 38.2. The van der Waals surface area contributed by atoms with E-state index in [1.165, 1.54) is 173 Å². The third-order valence-electron chi connectivity index (χ3n) is 8.15. The van der Waals surface area contributed by atoms with Crippen LogP contribution in [0.3, 0.4) is 0 Å². The van der Waals surface area contributed by atoms with Gasteiger partial charge in [-0.1, -0.05) is 181 Å². The summed E-state index contributed by atoms with van der Waals surface area (Å²) in [6, 6.07) is 0. The van der Waals surface area contributed by atoms with Crippen molar-refractivity contribution < 1.29 is 9.53 Å². The molecule has 0 rings (SSSR count). The lowest BCUT2D eigenvalue weighted by Crippen LogP contribution is -2.14. The van der Waals surface area contributed by atoms with Gasteiger partial charge in [0.2, 0.25) is 0 Å². The summed E-state index contributed by atoms with van der Waals surface area (Å²) in [5, 5.41) is 0. The highest BCUT2D eigenvalue weighted by atomic mass is 16.5. The quantitative estimate of drug-likeness (QED) is 0.0668. The van der Waals surface area contributed by atoms with E-state index in [9.17, 15) is 4.79 Å². The topological polar surface area (TPSA) is 26.3 Å². The van der Waals surface area contributed by atoms with Crippen molar-refractivity contribution in [1.82, 2.24) is 0 Å². The number of hydrogen-bond acceptors (Lipinski definition) is 2. The fourth-order valence-electron chi connectivity index (χ4n) is 5.48. The molecule has 0 aromatic carbocycles. The zero-order valence-corrected chi connectivity index (χ0v) is 26.1. The Bertz CT molecular complexity index is 433. The first-order chi connectivity index (χ1) is 18.2. The number of carbonyl (C=O) groups is 1. The number of hydrogen-bond donors (Lipinski definition) is 0. The van der Waals surface area contributed by atoms with Gasteiger partial charge in [0.15, 0.2) is 0 Å². The van der Waals surface area contributed by atoms with Gasteiger partial charge in [-0.25, -0.2) is 0 Å². The summed E-state index contributed by atoms with van der Waals surface area (Å²) in [5.74, 6) is 0.631. The number of ether oxygens (including phenoxy) is 1. The largest absolute Gasteiger partial charge is 0.465 e. The average Bonchev–Trinajstić information content (AvgIpc) is 2.90. The summed E-state index contributed by atoms with van der Waals surface area (Å²) < 4.78 is 5.79. The molecule has 0 amide bonds. The Morgan fingerprint density at radius 2 is 0.730 bits per heavy atom. The van der Waals surface area contributed by atoms with Gasteiger partial charge in [0.1, 0.15) is 0 Å². The molecule has 0 fully saturated rings. The van der Waals surface area contributed by atoms with Gasteiger partial charge in [-0.3, -0.25) is 4.79 Å². The van der Waals surface area contributed by atoms with Gasteiger partial charge in [-0.2, -0.15) is 0 Å². The first kappa shape index (κ1) is 36.5. The highest BCUT2D eigenvalue weighted by Crippen LogP contribution is 2.21. The summed E-state index contributed by atoms with van der Waals surface area (Å²) in [4.78, 5) is 12.3. The van der Waals surface area contributed by atoms with Crippen LogP contribution in [0.2, 0.25) is 0 Å². The highest BCUT2D eigenvalue weighted by Gasteiger charge is 2.12. The Hall–Kier alpha value is -0.530. The van der Waals surface area contributed by atoms with Gasteiger partial charge in [0, 0.05) is 6.42 Å². The molecule has 0 N–H and O–H groups in total. The van der Waals surface area contributed by atoms with Crippen LogP contribution in [0.5, 0.6) is 0 Å². The van der Waals surface area contributed by atoms with E-state index in [2.05, 4.69) is 20.8 Å². The second kappa shape index (κ2) is 31.7. The summed E-state index contributed by atoms with van der Waals surface area (Å²) in [6.45, 7) is 7.52. The molecule has 0 aliphatic rings. The van der Waals surface area contributed by atoms with Crippen LogP contribution in [0.1, 0.15) is 207 Å². The van der Waals surface area contributed by atoms with Gasteiger partial charge < -0.3 is 4.74 Å². The van der Waals surface area contributed by atoms with E-state index < -0.39 is 0 Å². The molecule has 0 aliphatic carbocycles. The van der Waals surface area contributed by atoms with E-state index in [4.69, 9.17) is 4.74 Å². The SMILES string of the molecule is CCCCCCCCCCCCC(CCCCCCCCCC)COC(=O)CCCCCCCCCC. The minimum Gasteiger partial charge on any atom is -0.465 e. The molecular formula is C35H70O2. The molecule has 222 valence electrons. The van der Waals surface area contributed by atoms with E-state index in [0.717, 1.165) is 6.42 Å². The first-order valence-corrected chi connectivity index (χ1v) is 17.4. The van der Waals surface area contributed by atoms with E-state index in [1.54, 1.807) is 0 Å². The number of unbranched alkanes of at least 4 members (excludes halogenated alkanes) is 23. The summed E-state index contributed by atoms with van der Waals surface area (Å²) >= 11 is 0. The lowest BCUT2D eigenvalue weighted by molar-refractivity contribution is -0.145. The first-order valence-electron chi connectivity index (χ1n) is 17.4. The third-order valence-corrected chi connectivity index (χ3v) is 8.15. The van der Waals surface area contributed by atoms with Crippen molar-refractivity contribution in [2.24, 2.45) is 5.92 Å². The van der Waals surface area contributed by atoms with Crippen molar-refractivity contribution in [3.63, 3.8) is 0 Å². The minimum absolute atomic E-state index is 0.0509. The molecule has 0 saturated heterocycles.